The molecule has 0 bridgehead atoms. The van der Waals surface area contributed by atoms with Crippen molar-refractivity contribution >= 4 is 0 Å². The van der Waals surface area contributed by atoms with E-state index in [2.05, 4.69) is 41.2 Å². The first-order valence-corrected chi connectivity index (χ1v) is 4.54. The molecule has 0 aromatic heterocycles. The summed E-state index contributed by atoms with van der Waals surface area (Å²) >= 11 is 0. The first-order valence-electron chi connectivity index (χ1n) is 4.54. The maximum Gasteiger partial charge on any atom is -0.0292 e. The summed E-state index contributed by atoms with van der Waals surface area (Å²) in [5.74, 6) is 0.745. The zero-order valence-electron chi connectivity index (χ0n) is 8.70. The molecule has 0 fully saturated rings. The van der Waals surface area contributed by atoms with Gasteiger partial charge in [-0.05, 0) is 24.2 Å². The maximum absolute atomic E-state index is 4.03. The highest BCUT2D eigenvalue weighted by molar-refractivity contribution is 4.95. The summed E-state index contributed by atoms with van der Waals surface area (Å²) < 4.78 is 0. The van der Waals surface area contributed by atoms with Crippen LogP contribution in [0.2, 0.25) is 0 Å². The first kappa shape index (κ1) is 10.7. The molecule has 0 heterocycles. The zero-order valence-corrected chi connectivity index (χ0v) is 8.70. The Morgan fingerprint density at radius 1 is 1.36 bits per heavy atom. The van der Waals surface area contributed by atoms with Gasteiger partial charge in [-0.1, -0.05) is 46.8 Å². The van der Waals surface area contributed by atoms with Gasteiger partial charge in [-0.15, -0.1) is 0 Å². The molecular formula is C11H22. The van der Waals surface area contributed by atoms with E-state index in [9.17, 15) is 0 Å². The van der Waals surface area contributed by atoms with Crippen LogP contribution >= 0.6 is 0 Å². The highest BCUT2D eigenvalue weighted by Gasteiger charge is 2.19. The Morgan fingerprint density at radius 3 is 2.09 bits per heavy atom. The third-order valence-corrected chi connectivity index (χ3v) is 2.57. The smallest absolute Gasteiger partial charge is 0.0292 e. The second kappa shape index (κ2) is 3.94. The van der Waals surface area contributed by atoms with Crippen LogP contribution in [0.4, 0.5) is 0 Å². The van der Waals surface area contributed by atoms with Gasteiger partial charge in [0.2, 0.25) is 0 Å². The van der Waals surface area contributed by atoms with Crippen LogP contribution in [-0.4, -0.2) is 0 Å². The lowest BCUT2D eigenvalue weighted by Gasteiger charge is -2.27. The number of allylic oxidation sites excluding steroid dienone is 1. The average molecular weight is 154 g/mol. The summed E-state index contributed by atoms with van der Waals surface area (Å²) in [4.78, 5) is 0. The predicted molar refractivity (Wildman–Crippen MR) is 52.7 cm³/mol. The predicted octanol–water partition coefficient (Wildman–Crippen LogP) is 4.02. The first-order chi connectivity index (χ1) is 4.88. The monoisotopic (exact) mass is 154 g/mol. The molecule has 0 rings (SSSR count). The summed E-state index contributed by atoms with van der Waals surface area (Å²) in [6, 6.07) is 0. The molecule has 0 nitrogen and oxygen atoms in total. The van der Waals surface area contributed by atoms with Gasteiger partial charge in [-0.25, -0.2) is 0 Å². The molecule has 0 heteroatoms. The Bertz CT molecular complexity index is 125. The third-order valence-electron chi connectivity index (χ3n) is 2.57. The van der Waals surface area contributed by atoms with Crippen molar-refractivity contribution in [3.8, 4) is 0 Å². The second-order valence-electron chi connectivity index (χ2n) is 4.57. The lowest BCUT2D eigenvalue weighted by molar-refractivity contribution is 0.259. The van der Waals surface area contributed by atoms with Crippen LogP contribution in [0.3, 0.4) is 0 Å². The van der Waals surface area contributed by atoms with Gasteiger partial charge >= 0.3 is 0 Å². The lowest BCUT2D eigenvalue weighted by atomic mass is 9.78. The molecule has 0 N–H and O–H groups in total. The Morgan fingerprint density at radius 2 is 1.82 bits per heavy atom. The van der Waals surface area contributed by atoms with Crippen LogP contribution in [0.5, 0.6) is 0 Å². The van der Waals surface area contributed by atoms with Crippen LogP contribution in [-0.2, 0) is 0 Å². The van der Waals surface area contributed by atoms with E-state index in [-0.39, 0.29) is 0 Å². The van der Waals surface area contributed by atoms with Crippen LogP contribution in [0, 0.1) is 11.3 Å². The van der Waals surface area contributed by atoms with Crippen molar-refractivity contribution in [3.05, 3.63) is 12.2 Å². The molecule has 0 aromatic carbocycles. The van der Waals surface area contributed by atoms with Gasteiger partial charge in [-0.2, -0.15) is 0 Å². The molecule has 0 spiro atoms. The van der Waals surface area contributed by atoms with Crippen LogP contribution < -0.4 is 0 Å². The molecule has 0 amide bonds. The summed E-state index contributed by atoms with van der Waals surface area (Å²) in [7, 11) is 0. The number of hydrogen-bond donors (Lipinski definition) is 0. The van der Waals surface area contributed by atoms with Crippen molar-refractivity contribution in [2.24, 2.45) is 11.3 Å². The van der Waals surface area contributed by atoms with Crippen LogP contribution in [0.1, 0.15) is 47.5 Å². The molecule has 0 aliphatic rings. The van der Waals surface area contributed by atoms with Gasteiger partial charge in [-0.3, -0.25) is 0 Å². The molecule has 66 valence electrons. The average Bonchev–Trinajstić information content (AvgIpc) is 1.85. The summed E-state index contributed by atoms with van der Waals surface area (Å²) in [5.41, 5.74) is 1.81. The highest BCUT2D eigenvalue weighted by atomic mass is 14.2. The Kier molecular flexibility index (Phi) is 3.85. The van der Waals surface area contributed by atoms with Crippen molar-refractivity contribution in [2.75, 3.05) is 0 Å². The fourth-order valence-corrected chi connectivity index (χ4v) is 0.884. The highest BCUT2D eigenvalue weighted by Crippen LogP contribution is 2.30. The van der Waals surface area contributed by atoms with E-state index >= 15 is 0 Å². The molecule has 1 atom stereocenters. The van der Waals surface area contributed by atoms with Gasteiger partial charge in [0.05, 0.1) is 0 Å². The lowest BCUT2D eigenvalue weighted by Crippen LogP contribution is -2.17. The quantitative estimate of drug-likeness (QED) is 0.538. The molecule has 0 aromatic rings. The Balaban J connectivity index is 3.87. The van der Waals surface area contributed by atoms with Crippen molar-refractivity contribution in [3.63, 3.8) is 0 Å². The number of hydrogen-bond acceptors (Lipinski definition) is 0. The van der Waals surface area contributed by atoms with Gasteiger partial charge < -0.3 is 0 Å². The molecule has 0 radical (unpaired) electrons. The molecule has 1 unspecified atom stereocenters. The summed E-state index contributed by atoms with van der Waals surface area (Å²) in [5, 5.41) is 0. The fraction of sp³-hybridized carbons (Fsp3) is 0.818. The molecule has 0 saturated heterocycles. The standard InChI is InChI=1S/C11H22/c1-7-9(2)8-10(3)11(4,5)6/h10H,2,7-8H2,1,3-6H3. The third kappa shape index (κ3) is 4.23. The van der Waals surface area contributed by atoms with Gasteiger partial charge in [0.25, 0.3) is 0 Å². The van der Waals surface area contributed by atoms with Gasteiger partial charge in [0.1, 0.15) is 0 Å². The Hall–Kier alpha value is -0.260. The van der Waals surface area contributed by atoms with Crippen molar-refractivity contribution < 1.29 is 0 Å². The molecular weight excluding hydrogens is 132 g/mol. The fourth-order valence-electron chi connectivity index (χ4n) is 0.884. The number of rotatable bonds is 3. The van der Waals surface area contributed by atoms with E-state index < -0.39 is 0 Å². The summed E-state index contributed by atoms with van der Waals surface area (Å²) in [6.45, 7) is 15.4. The normalized spacial score (nSPS) is 14.6. The van der Waals surface area contributed by atoms with Crippen molar-refractivity contribution in [1.29, 1.82) is 0 Å². The summed E-state index contributed by atoms with van der Waals surface area (Å²) in [6.07, 6.45) is 2.31. The molecule has 11 heavy (non-hydrogen) atoms. The van der Waals surface area contributed by atoms with Gasteiger partial charge in [0.15, 0.2) is 0 Å². The van der Waals surface area contributed by atoms with Crippen molar-refractivity contribution in [2.45, 2.75) is 47.5 Å². The molecule has 0 aliphatic heterocycles. The minimum atomic E-state index is 0.429. The SMILES string of the molecule is C=C(CC)CC(C)C(C)(C)C. The minimum Gasteiger partial charge on any atom is -0.0999 e. The van der Waals surface area contributed by atoms with E-state index in [0.29, 0.717) is 5.41 Å². The maximum atomic E-state index is 4.03. The van der Waals surface area contributed by atoms with E-state index in [4.69, 9.17) is 0 Å². The van der Waals surface area contributed by atoms with Gasteiger partial charge in [0, 0.05) is 0 Å². The van der Waals surface area contributed by atoms with E-state index in [0.717, 1.165) is 12.3 Å². The zero-order chi connectivity index (χ0) is 9.07. The topological polar surface area (TPSA) is 0 Å². The van der Waals surface area contributed by atoms with E-state index in [1.165, 1.54) is 12.0 Å². The molecule has 0 aliphatic carbocycles. The van der Waals surface area contributed by atoms with Crippen LogP contribution in [0.15, 0.2) is 12.2 Å². The van der Waals surface area contributed by atoms with E-state index in [1.54, 1.807) is 0 Å². The minimum absolute atomic E-state index is 0.429. The van der Waals surface area contributed by atoms with E-state index in [1.807, 2.05) is 0 Å². The largest absolute Gasteiger partial charge is 0.0999 e. The van der Waals surface area contributed by atoms with Crippen molar-refractivity contribution in [1.82, 2.24) is 0 Å². The van der Waals surface area contributed by atoms with Crippen LogP contribution in [0.25, 0.3) is 0 Å². The second-order valence-corrected chi connectivity index (χ2v) is 4.57. The Labute approximate surface area is 71.7 Å². The molecule has 0 saturated carbocycles.